The van der Waals surface area contributed by atoms with Crippen molar-refractivity contribution >= 4 is 34.9 Å². The van der Waals surface area contributed by atoms with Gasteiger partial charge in [-0.3, -0.25) is 9.59 Å². The van der Waals surface area contributed by atoms with Gasteiger partial charge < -0.3 is 19.9 Å². The van der Waals surface area contributed by atoms with Gasteiger partial charge in [0.25, 0.3) is 6.29 Å². The van der Waals surface area contributed by atoms with Gasteiger partial charge in [0.05, 0.1) is 0 Å². The van der Waals surface area contributed by atoms with Gasteiger partial charge >= 0.3 is 17.2 Å². The average Bonchev–Trinajstić information content (AvgIpc) is 2.41. The number of aliphatic carboxylic acids is 1. The van der Waals surface area contributed by atoms with Crippen LogP contribution in [-0.2, 0) is 23.9 Å². The zero-order valence-electron chi connectivity index (χ0n) is 13.0. The number of ether oxygens (including phenoxy) is 2. The van der Waals surface area contributed by atoms with E-state index < -0.39 is 35.5 Å². The fraction of sp³-hybridized carbons (Fsp3) is 0.692. The normalized spacial score (nSPS) is 13.1. The number of thioether (sulfide) groups is 1. The Labute approximate surface area is 132 Å². The standard InChI is InChI=1S/C13H21NO7S/c1-5-10(16)20-12(7(2)3)21-13(19)22-6-9(11(17)18)14-8(4)15/h7,9,12H,5-6H2,1-4H3,(H,14,15)(H,17,18)/t9-,12+/m0/s1. The fourth-order valence-electron chi connectivity index (χ4n) is 1.21. The minimum Gasteiger partial charge on any atom is -0.480 e. The van der Waals surface area contributed by atoms with Crippen LogP contribution in [0.15, 0.2) is 0 Å². The zero-order valence-corrected chi connectivity index (χ0v) is 13.8. The summed E-state index contributed by atoms with van der Waals surface area (Å²) in [4.78, 5) is 44.7. The van der Waals surface area contributed by atoms with Crippen LogP contribution < -0.4 is 5.32 Å². The molecule has 0 saturated carbocycles. The Balaban J connectivity index is 4.47. The number of carbonyl (C=O) groups excluding carboxylic acids is 3. The number of carbonyl (C=O) groups is 4. The number of hydrogen-bond acceptors (Lipinski definition) is 7. The van der Waals surface area contributed by atoms with Crippen molar-refractivity contribution in [3.05, 3.63) is 0 Å². The monoisotopic (exact) mass is 335 g/mol. The van der Waals surface area contributed by atoms with Gasteiger partial charge in [-0.15, -0.1) is 0 Å². The summed E-state index contributed by atoms with van der Waals surface area (Å²) in [6, 6.07) is -1.20. The van der Waals surface area contributed by atoms with Crippen LogP contribution in [-0.4, -0.2) is 46.3 Å². The second-order valence-corrected chi connectivity index (χ2v) is 5.68. The molecule has 0 aliphatic heterocycles. The first-order chi connectivity index (χ1) is 10.2. The molecule has 8 nitrogen and oxygen atoms in total. The van der Waals surface area contributed by atoms with Crippen molar-refractivity contribution < 1.29 is 33.8 Å². The van der Waals surface area contributed by atoms with E-state index in [1.807, 2.05) is 0 Å². The van der Waals surface area contributed by atoms with Crippen molar-refractivity contribution in [2.75, 3.05) is 5.75 Å². The van der Waals surface area contributed by atoms with Crippen LogP contribution in [0, 0.1) is 5.92 Å². The highest BCUT2D eigenvalue weighted by Gasteiger charge is 2.25. The first kappa shape index (κ1) is 20.2. The Morgan fingerprint density at radius 3 is 2.18 bits per heavy atom. The summed E-state index contributed by atoms with van der Waals surface area (Å²) in [7, 11) is 0. The summed E-state index contributed by atoms with van der Waals surface area (Å²) in [5, 5.41) is 10.3. The van der Waals surface area contributed by atoms with E-state index in [1.54, 1.807) is 20.8 Å². The molecule has 0 aliphatic rings. The Hall–Kier alpha value is -1.77. The quantitative estimate of drug-likeness (QED) is 0.504. The number of carboxylic acid groups (broad SMARTS) is 1. The van der Waals surface area contributed by atoms with Crippen LogP contribution in [0.25, 0.3) is 0 Å². The smallest absolute Gasteiger partial charge is 0.370 e. The average molecular weight is 335 g/mol. The predicted molar refractivity (Wildman–Crippen MR) is 79.2 cm³/mol. The number of hydrogen-bond donors (Lipinski definition) is 2. The largest absolute Gasteiger partial charge is 0.480 e. The molecule has 0 heterocycles. The number of nitrogens with one attached hydrogen (secondary N) is 1. The molecule has 2 N–H and O–H groups in total. The summed E-state index contributed by atoms with van der Waals surface area (Å²) in [5.41, 5.74) is 0. The third-order valence-corrected chi connectivity index (χ3v) is 3.17. The molecular weight excluding hydrogens is 314 g/mol. The van der Waals surface area contributed by atoms with Gasteiger partial charge in [0.2, 0.25) is 5.91 Å². The van der Waals surface area contributed by atoms with Gasteiger partial charge in [-0.1, -0.05) is 20.8 Å². The SMILES string of the molecule is CCC(=O)O[C@H](OC(=O)SC[C@H](NC(C)=O)C(=O)O)C(C)C. The highest BCUT2D eigenvalue weighted by molar-refractivity contribution is 8.13. The van der Waals surface area contributed by atoms with E-state index in [-0.39, 0.29) is 18.1 Å². The Kier molecular flexibility index (Phi) is 9.23. The second-order valence-electron chi connectivity index (χ2n) is 4.73. The van der Waals surface area contributed by atoms with Crippen LogP contribution in [0.5, 0.6) is 0 Å². The van der Waals surface area contributed by atoms with Gasteiger partial charge in [0, 0.05) is 25.0 Å². The van der Waals surface area contributed by atoms with Crippen LogP contribution >= 0.6 is 11.8 Å². The lowest BCUT2D eigenvalue weighted by Gasteiger charge is -2.21. The van der Waals surface area contributed by atoms with Gasteiger partial charge in [-0.05, 0) is 11.8 Å². The van der Waals surface area contributed by atoms with Crippen molar-refractivity contribution in [2.24, 2.45) is 5.92 Å². The molecule has 0 saturated heterocycles. The lowest BCUT2D eigenvalue weighted by atomic mass is 10.2. The summed E-state index contributed by atoms with van der Waals surface area (Å²) in [6.07, 6.45) is -0.881. The molecule has 0 unspecified atom stereocenters. The summed E-state index contributed by atoms with van der Waals surface area (Å²) < 4.78 is 9.96. The predicted octanol–water partition coefficient (Wildman–Crippen LogP) is 1.38. The summed E-state index contributed by atoms with van der Waals surface area (Å²) in [6.45, 7) is 6.21. The molecule has 0 aliphatic carbocycles. The van der Waals surface area contributed by atoms with E-state index >= 15 is 0 Å². The molecular formula is C13H21NO7S. The molecule has 9 heteroatoms. The molecule has 2 atom stereocenters. The van der Waals surface area contributed by atoms with Crippen LogP contribution in [0.2, 0.25) is 0 Å². The first-order valence-electron chi connectivity index (χ1n) is 6.70. The fourth-order valence-corrected chi connectivity index (χ4v) is 1.90. The van der Waals surface area contributed by atoms with Gasteiger partial charge in [-0.25, -0.2) is 9.59 Å². The number of esters is 1. The van der Waals surface area contributed by atoms with Crippen molar-refractivity contribution in [3.8, 4) is 0 Å². The first-order valence-corrected chi connectivity index (χ1v) is 7.68. The molecule has 126 valence electrons. The molecule has 0 rings (SSSR count). The molecule has 0 bridgehead atoms. The Morgan fingerprint density at radius 2 is 1.77 bits per heavy atom. The van der Waals surface area contributed by atoms with Crippen molar-refractivity contribution in [1.29, 1.82) is 0 Å². The molecule has 0 fully saturated rings. The van der Waals surface area contributed by atoms with Gasteiger partial charge in [0.1, 0.15) is 6.04 Å². The molecule has 0 aromatic carbocycles. The lowest BCUT2D eigenvalue weighted by Crippen LogP contribution is -2.41. The van der Waals surface area contributed by atoms with E-state index in [2.05, 4.69) is 5.32 Å². The highest BCUT2D eigenvalue weighted by Crippen LogP contribution is 2.16. The van der Waals surface area contributed by atoms with Crippen LogP contribution in [0.1, 0.15) is 34.1 Å². The molecule has 22 heavy (non-hydrogen) atoms. The molecule has 0 spiro atoms. The maximum atomic E-state index is 11.7. The second kappa shape index (κ2) is 10.0. The number of amides is 1. The molecule has 0 radical (unpaired) electrons. The van der Waals surface area contributed by atoms with Gasteiger partial charge in [-0.2, -0.15) is 0 Å². The summed E-state index contributed by atoms with van der Waals surface area (Å²) in [5.74, 6) is -2.71. The third-order valence-electron chi connectivity index (χ3n) is 2.34. The summed E-state index contributed by atoms with van der Waals surface area (Å²) >= 11 is 0.587. The van der Waals surface area contributed by atoms with Crippen molar-refractivity contribution in [2.45, 2.75) is 46.4 Å². The highest BCUT2D eigenvalue weighted by atomic mass is 32.2. The molecule has 0 aromatic heterocycles. The number of carboxylic acids is 1. The topological polar surface area (TPSA) is 119 Å². The molecule has 0 aromatic rings. The van der Waals surface area contributed by atoms with E-state index in [9.17, 15) is 19.2 Å². The van der Waals surface area contributed by atoms with Gasteiger partial charge in [0.15, 0.2) is 0 Å². The van der Waals surface area contributed by atoms with E-state index in [0.29, 0.717) is 11.8 Å². The minimum absolute atomic E-state index is 0.150. The van der Waals surface area contributed by atoms with E-state index in [1.165, 1.54) is 6.92 Å². The Bertz CT molecular complexity index is 425. The third kappa shape index (κ3) is 8.50. The zero-order chi connectivity index (χ0) is 17.3. The van der Waals surface area contributed by atoms with Crippen molar-refractivity contribution in [1.82, 2.24) is 5.32 Å². The minimum atomic E-state index is -1.26. The van der Waals surface area contributed by atoms with E-state index in [0.717, 1.165) is 0 Å². The Morgan fingerprint density at radius 1 is 1.18 bits per heavy atom. The van der Waals surface area contributed by atoms with Crippen LogP contribution in [0.4, 0.5) is 4.79 Å². The lowest BCUT2D eigenvalue weighted by molar-refractivity contribution is -0.172. The maximum absolute atomic E-state index is 11.7. The molecule has 1 amide bonds. The maximum Gasteiger partial charge on any atom is 0.370 e. The van der Waals surface area contributed by atoms with E-state index in [4.69, 9.17) is 14.6 Å². The van der Waals surface area contributed by atoms with Crippen molar-refractivity contribution in [3.63, 3.8) is 0 Å². The van der Waals surface area contributed by atoms with Crippen LogP contribution in [0.3, 0.4) is 0 Å². The number of rotatable bonds is 8.